The summed E-state index contributed by atoms with van der Waals surface area (Å²) in [5, 5.41) is 2.97. The van der Waals surface area contributed by atoms with Gasteiger partial charge in [-0.05, 0) is 52.7 Å². The number of benzene rings is 2. The van der Waals surface area contributed by atoms with Gasteiger partial charge in [0.1, 0.15) is 11.6 Å². The molecular weight excluding hydrogens is 288 g/mol. The Morgan fingerprint density at radius 2 is 1.65 bits per heavy atom. The molecule has 0 atom stereocenters. The molecule has 0 unspecified atom stereocenters. The second kappa shape index (κ2) is 4.84. The van der Waals surface area contributed by atoms with E-state index in [1.165, 1.54) is 12.1 Å². The third kappa shape index (κ3) is 3.03. The largest absolute Gasteiger partial charge is 0.354 e. The van der Waals surface area contributed by atoms with Gasteiger partial charge in [-0.25, -0.2) is 8.78 Å². The van der Waals surface area contributed by atoms with Crippen molar-refractivity contribution in [3.05, 3.63) is 58.1 Å². The molecule has 0 aliphatic carbocycles. The Kier molecular flexibility index (Phi) is 3.43. The monoisotopic (exact) mass is 297 g/mol. The topological polar surface area (TPSA) is 12.0 Å². The molecule has 0 fully saturated rings. The molecule has 1 nitrogen and oxygen atoms in total. The van der Waals surface area contributed by atoms with Crippen molar-refractivity contribution >= 4 is 27.3 Å². The Balaban J connectivity index is 2.34. The fourth-order valence-corrected chi connectivity index (χ4v) is 1.86. The van der Waals surface area contributed by atoms with E-state index >= 15 is 0 Å². The summed E-state index contributed by atoms with van der Waals surface area (Å²) in [6, 6.07) is 9.06. The van der Waals surface area contributed by atoms with Gasteiger partial charge in [0.05, 0.1) is 5.69 Å². The van der Waals surface area contributed by atoms with Gasteiger partial charge >= 0.3 is 0 Å². The van der Waals surface area contributed by atoms with Gasteiger partial charge in [0.25, 0.3) is 0 Å². The van der Waals surface area contributed by atoms with Crippen LogP contribution in [-0.4, -0.2) is 0 Å². The summed E-state index contributed by atoms with van der Waals surface area (Å²) in [6.07, 6.45) is 0. The van der Waals surface area contributed by atoms with E-state index in [0.717, 1.165) is 21.8 Å². The predicted molar refractivity (Wildman–Crippen MR) is 68.5 cm³/mol. The summed E-state index contributed by atoms with van der Waals surface area (Å²) in [7, 11) is 0. The van der Waals surface area contributed by atoms with Gasteiger partial charge in [-0.2, -0.15) is 0 Å². The van der Waals surface area contributed by atoms with E-state index in [1.54, 1.807) is 0 Å². The number of halogens is 3. The average molecular weight is 298 g/mol. The maximum atomic E-state index is 13.0. The maximum absolute atomic E-state index is 13.0. The van der Waals surface area contributed by atoms with E-state index in [1.807, 2.05) is 25.1 Å². The highest BCUT2D eigenvalue weighted by molar-refractivity contribution is 9.10. The van der Waals surface area contributed by atoms with Crippen LogP contribution in [0.2, 0.25) is 0 Å². The van der Waals surface area contributed by atoms with E-state index in [0.29, 0.717) is 5.69 Å². The number of nitrogens with one attached hydrogen (secondary N) is 1. The van der Waals surface area contributed by atoms with Crippen molar-refractivity contribution in [2.75, 3.05) is 5.32 Å². The minimum Gasteiger partial charge on any atom is -0.354 e. The summed E-state index contributed by atoms with van der Waals surface area (Å²) in [4.78, 5) is 0. The molecule has 0 aliphatic rings. The lowest BCUT2D eigenvalue weighted by molar-refractivity contribution is 0.584. The molecule has 0 radical (unpaired) electrons. The molecule has 0 bridgehead atoms. The number of rotatable bonds is 2. The summed E-state index contributed by atoms with van der Waals surface area (Å²) in [5.41, 5.74) is 2.22. The van der Waals surface area contributed by atoms with Crippen LogP contribution in [-0.2, 0) is 0 Å². The highest BCUT2D eigenvalue weighted by Crippen LogP contribution is 2.27. The zero-order valence-electron chi connectivity index (χ0n) is 9.10. The van der Waals surface area contributed by atoms with Crippen molar-refractivity contribution in [3.63, 3.8) is 0 Å². The summed E-state index contributed by atoms with van der Waals surface area (Å²) < 4.78 is 26.9. The van der Waals surface area contributed by atoms with Crippen LogP contribution in [0.4, 0.5) is 20.2 Å². The van der Waals surface area contributed by atoms with Crippen molar-refractivity contribution in [1.29, 1.82) is 0 Å². The van der Waals surface area contributed by atoms with Gasteiger partial charge in [-0.3, -0.25) is 0 Å². The molecule has 2 aromatic carbocycles. The van der Waals surface area contributed by atoms with E-state index in [4.69, 9.17) is 0 Å². The molecular formula is C13H10BrF2N. The Labute approximate surface area is 107 Å². The molecule has 0 aromatic heterocycles. The first-order valence-electron chi connectivity index (χ1n) is 5.04. The SMILES string of the molecule is Cc1ccc(Br)c(Nc2cc(F)cc(F)c2)c1. The molecule has 0 saturated heterocycles. The molecule has 4 heteroatoms. The second-order valence-corrected chi connectivity index (χ2v) is 4.62. The quantitative estimate of drug-likeness (QED) is 0.841. The zero-order valence-corrected chi connectivity index (χ0v) is 10.7. The highest BCUT2D eigenvalue weighted by Gasteiger charge is 2.04. The molecule has 0 amide bonds. The van der Waals surface area contributed by atoms with Gasteiger partial charge in [0.15, 0.2) is 0 Å². The predicted octanol–water partition coefficient (Wildman–Crippen LogP) is 4.78. The first-order chi connectivity index (χ1) is 8.04. The van der Waals surface area contributed by atoms with Gasteiger partial charge in [0, 0.05) is 16.2 Å². The number of aryl methyl sites for hydroxylation is 1. The highest BCUT2D eigenvalue weighted by atomic mass is 79.9. The Hall–Kier alpha value is -1.42. The van der Waals surface area contributed by atoms with E-state index in [2.05, 4.69) is 21.2 Å². The smallest absolute Gasteiger partial charge is 0.128 e. The van der Waals surface area contributed by atoms with Gasteiger partial charge in [-0.15, -0.1) is 0 Å². The van der Waals surface area contributed by atoms with Crippen molar-refractivity contribution in [1.82, 2.24) is 0 Å². The third-order valence-electron chi connectivity index (χ3n) is 2.26. The average Bonchev–Trinajstić information content (AvgIpc) is 2.22. The van der Waals surface area contributed by atoms with Crippen LogP contribution in [0, 0.1) is 18.6 Å². The van der Waals surface area contributed by atoms with Crippen molar-refractivity contribution in [2.45, 2.75) is 6.92 Å². The van der Waals surface area contributed by atoms with E-state index < -0.39 is 11.6 Å². The molecule has 0 aliphatic heterocycles. The molecule has 0 heterocycles. The van der Waals surface area contributed by atoms with Crippen LogP contribution in [0.5, 0.6) is 0 Å². The summed E-state index contributed by atoms with van der Waals surface area (Å²) in [5.74, 6) is -1.20. The molecule has 17 heavy (non-hydrogen) atoms. The molecule has 0 saturated carbocycles. The normalized spacial score (nSPS) is 10.4. The number of hydrogen-bond donors (Lipinski definition) is 1. The molecule has 88 valence electrons. The lowest BCUT2D eigenvalue weighted by atomic mass is 10.2. The standard InChI is InChI=1S/C13H10BrF2N/c1-8-2-3-12(14)13(4-8)17-11-6-9(15)5-10(16)7-11/h2-7,17H,1H3. The molecule has 2 rings (SSSR count). The molecule has 2 aromatic rings. The fraction of sp³-hybridized carbons (Fsp3) is 0.0769. The van der Waals surface area contributed by atoms with Gasteiger partial charge in [0.2, 0.25) is 0 Å². The van der Waals surface area contributed by atoms with Crippen molar-refractivity contribution in [2.24, 2.45) is 0 Å². The lowest BCUT2D eigenvalue weighted by Crippen LogP contribution is -1.94. The maximum Gasteiger partial charge on any atom is 0.128 e. The first-order valence-corrected chi connectivity index (χ1v) is 5.83. The Morgan fingerprint density at radius 3 is 2.29 bits per heavy atom. The van der Waals surface area contributed by atoms with Crippen molar-refractivity contribution in [3.8, 4) is 0 Å². The minimum atomic E-state index is -0.601. The summed E-state index contributed by atoms with van der Waals surface area (Å²) >= 11 is 3.37. The third-order valence-corrected chi connectivity index (χ3v) is 2.95. The second-order valence-electron chi connectivity index (χ2n) is 3.77. The van der Waals surface area contributed by atoms with Crippen LogP contribution in [0.15, 0.2) is 40.9 Å². The first kappa shape index (κ1) is 12.0. The molecule has 1 N–H and O–H groups in total. The van der Waals surface area contributed by atoms with Crippen molar-refractivity contribution < 1.29 is 8.78 Å². The zero-order chi connectivity index (χ0) is 12.4. The van der Waals surface area contributed by atoms with E-state index in [9.17, 15) is 8.78 Å². The number of hydrogen-bond acceptors (Lipinski definition) is 1. The Bertz CT molecular complexity index is 535. The number of anilines is 2. The van der Waals surface area contributed by atoms with Crippen LogP contribution in [0.1, 0.15) is 5.56 Å². The lowest BCUT2D eigenvalue weighted by Gasteiger charge is -2.09. The van der Waals surface area contributed by atoms with Crippen LogP contribution in [0.3, 0.4) is 0 Å². The summed E-state index contributed by atoms with van der Waals surface area (Å²) in [6.45, 7) is 1.95. The van der Waals surface area contributed by atoms with Crippen LogP contribution in [0.25, 0.3) is 0 Å². The van der Waals surface area contributed by atoms with Crippen LogP contribution >= 0.6 is 15.9 Å². The van der Waals surface area contributed by atoms with Crippen LogP contribution < -0.4 is 5.32 Å². The minimum absolute atomic E-state index is 0.383. The van der Waals surface area contributed by atoms with Gasteiger partial charge in [-0.1, -0.05) is 6.07 Å². The Morgan fingerprint density at radius 1 is 1.00 bits per heavy atom. The van der Waals surface area contributed by atoms with E-state index in [-0.39, 0.29) is 0 Å². The van der Waals surface area contributed by atoms with Gasteiger partial charge < -0.3 is 5.32 Å². The molecule has 0 spiro atoms. The fourth-order valence-electron chi connectivity index (χ4n) is 1.52.